The van der Waals surface area contributed by atoms with Gasteiger partial charge in [-0.1, -0.05) is 48.5 Å². The fraction of sp³-hybridized carbons (Fsp3) is 0.370. The number of amides is 1. The van der Waals surface area contributed by atoms with Crippen LogP contribution in [-0.4, -0.2) is 44.8 Å². The van der Waals surface area contributed by atoms with Crippen LogP contribution in [0, 0.1) is 6.92 Å². The maximum Gasteiger partial charge on any atom is 0.410 e. The molecule has 3 heterocycles. The largest absolute Gasteiger partial charge is 0.448 e. The summed E-state index contributed by atoms with van der Waals surface area (Å²) < 4.78 is 5.93. The standard InChI is InChI=1S/C27H27N3O3/c1-17-14-28-15-25(29-17)27(32)12-18-10-11-19(13-27)30(18)26(31)33-16-24-22-8-4-2-6-20(22)21-7-3-5-9-23(21)24/h2-9,14-15,18-19,24,32H,10-13,16H2,1H3. The Morgan fingerprint density at radius 1 is 1.03 bits per heavy atom. The van der Waals surface area contributed by atoms with Crippen LogP contribution >= 0.6 is 0 Å². The van der Waals surface area contributed by atoms with Crippen molar-refractivity contribution in [3.63, 3.8) is 0 Å². The third kappa shape index (κ3) is 3.32. The number of aliphatic hydroxyl groups is 1. The van der Waals surface area contributed by atoms with Crippen LogP contribution in [0.15, 0.2) is 60.9 Å². The van der Waals surface area contributed by atoms with E-state index in [-0.39, 0.29) is 24.1 Å². The minimum absolute atomic E-state index is 0.0447. The monoisotopic (exact) mass is 441 g/mol. The molecule has 2 bridgehead atoms. The molecular weight excluding hydrogens is 414 g/mol. The number of nitrogens with zero attached hydrogens (tertiary/aromatic N) is 3. The lowest BCUT2D eigenvalue weighted by atomic mass is 9.83. The molecule has 0 saturated carbocycles. The van der Waals surface area contributed by atoms with Crippen LogP contribution in [-0.2, 0) is 10.3 Å². The van der Waals surface area contributed by atoms with Crippen LogP contribution in [0.2, 0.25) is 0 Å². The lowest BCUT2D eigenvalue weighted by Crippen LogP contribution is -2.52. The van der Waals surface area contributed by atoms with Crippen LogP contribution in [0.25, 0.3) is 11.1 Å². The number of benzene rings is 2. The molecule has 2 fully saturated rings. The normalized spacial score (nSPS) is 25.6. The predicted octanol–water partition coefficient (Wildman–Crippen LogP) is 4.55. The van der Waals surface area contributed by atoms with Crippen molar-refractivity contribution in [2.45, 2.75) is 56.2 Å². The van der Waals surface area contributed by atoms with E-state index in [0.717, 1.165) is 18.5 Å². The summed E-state index contributed by atoms with van der Waals surface area (Å²) in [5.74, 6) is 0.0447. The number of carbonyl (C=O) groups excluding carboxylic acids is 1. The Hall–Kier alpha value is -3.25. The van der Waals surface area contributed by atoms with Crippen LogP contribution in [0.3, 0.4) is 0 Å². The molecule has 0 spiro atoms. The van der Waals surface area contributed by atoms with Gasteiger partial charge < -0.3 is 14.7 Å². The number of ether oxygens (including phenoxy) is 1. The minimum atomic E-state index is -1.05. The van der Waals surface area contributed by atoms with Crippen LogP contribution in [0.4, 0.5) is 4.79 Å². The van der Waals surface area contributed by atoms with Gasteiger partial charge in [-0.25, -0.2) is 4.79 Å². The summed E-state index contributed by atoms with van der Waals surface area (Å²) in [4.78, 5) is 23.8. The topological polar surface area (TPSA) is 75.6 Å². The lowest BCUT2D eigenvalue weighted by molar-refractivity contribution is -0.0562. The highest BCUT2D eigenvalue weighted by Gasteiger charge is 2.51. The Balaban J connectivity index is 1.19. The quantitative estimate of drug-likeness (QED) is 0.645. The predicted molar refractivity (Wildman–Crippen MR) is 124 cm³/mol. The first-order valence-corrected chi connectivity index (χ1v) is 11.7. The van der Waals surface area contributed by atoms with Gasteiger partial charge in [0.05, 0.1) is 17.6 Å². The van der Waals surface area contributed by atoms with Crippen molar-refractivity contribution in [2.75, 3.05) is 6.61 Å². The van der Waals surface area contributed by atoms with E-state index < -0.39 is 5.60 Å². The Kier molecular flexibility index (Phi) is 4.73. The maximum atomic E-state index is 13.2. The molecule has 2 unspecified atom stereocenters. The Morgan fingerprint density at radius 2 is 1.64 bits per heavy atom. The molecule has 33 heavy (non-hydrogen) atoms. The molecular formula is C27H27N3O3. The SMILES string of the molecule is Cc1cncc(C2(O)CC3CCC(C2)N3C(=O)OCC2c3ccccc3-c3ccccc32)n1. The van der Waals surface area contributed by atoms with Crippen molar-refractivity contribution in [1.82, 2.24) is 14.9 Å². The van der Waals surface area contributed by atoms with Crippen molar-refractivity contribution < 1.29 is 14.6 Å². The first-order valence-electron chi connectivity index (χ1n) is 11.7. The number of rotatable bonds is 3. The highest BCUT2D eigenvalue weighted by Crippen LogP contribution is 2.47. The molecule has 2 saturated heterocycles. The summed E-state index contributed by atoms with van der Waals surface area (Å²) in [5.41, 5.74) is 5.19. The second-order valence-corrected chi connectivity index (χ2v) is 9.58. The summed E-state index contributed by atoms with van der Waals surface area (Å²) in [7, 11) is 0. The molecule has 6 heteroatoms. The van der Waals surface area contributed by atoms with Gasteiger partial charge >= 0.3 is 6.09 Å². The molecule has 6 rings (SSSR count). The van der Waals surface area contributed by atoms with Gasteiger partial charge in [-0.3, -0.25) is 9.97 Å². The Bertz CT molecular complexity index is 1170. The average molecular weight is 442 g/mol. The number of aromatic nitrogens is 2. The lowest BCUT2D eigenvalue weighted by Gasteiger charge is -2.42. The summed E-state index contributed by atoms with van der Waals surface area (Å²) in [5, 5.41) is 11.4. The zero-order chi connectivity index (χ0) is 22.6. The highest BCUT2D eigenvalue weighted by atomic mass is 16.6. The van der Waals surface area contributed by atoms with Crippen molar-refractivity contribution in [3.8, 4) is 11.1 Å². The van der Waals surface area contributed by atoms with Crippen molar-refractivity contribution in [3.05, 3.63) is 83.4 Å². The number of carbonyl (C=O) groups is 1. The van der Waals surface area contributed by atoms with Crippen LogP contribution in [0.5, 0.6) is 0 Å². The molecule has 2 aromatic carbocycles. The van der Waals surface area contributed by atoms with E-state index in [1.54, 1.807) is 12.4 Å². The van der Waals surface area contributed by atoms with Crippen molar-refractivity contribution in [1.29, 1.82) is 0 Å². The fourth-order valence-electron chi connectivity index (χ4n) is 6.09. The van der Waals surface area contributed by atoms with E-state index in [0.29, 0.717) is 25.1 Å². The van der Waals surface area contributed by atoms with E-state index >= 15 is 0 Å². The van der Waals surface area contributed by atoms with E-state index in [1.165, 1.54) is 22.3 Å². The van der Waals surface area contributed by atoms with Gasteiger partial charge in [0.15, 0.2) is 0 Å². The van der Waals surface area contributed by atoms with Gasteiger partial charge in [-0.05, 0) is 42.0 Å². The van der Waals surface area contributed by atoms with Crippen molar-refractivity contribution in [2.24, 2.45) is 0 Å². The molecule has 1 aliphatic carbocycles. The van der Waals surface area contributed by atoms with Gasteiger partial charge in [0.2, 0.25) is 0 Å². The molecule has 2 atom stereocenters. The molecule has 1 aromatic heterocycles. The van der Waals surface area contributed by atoms with Crippen LogP contribution < -0.4 is 0 Å². The van der Waals surface area contributed by atoms with E-state index in [2.05, 4.69) is 46.4 Å². The second-order valence-electron chi connectivity index (χ2n) is 9.58. The van der Waals surface area contributed by atoms with Gasteiger partial charge in [0.25, 0.3) is 0 Å². The van der Waals surface area contributed by atoms with Gasteiger partial charge in [-0.15, -0.1) is 0 Å². The zero-order valence-corrected chi connectivity index (χ0v) is 18.6. The Morgan fingerprint density at radius 3 is 2.24 bits per heavy atom. The van der Waals surface area contributed by atoms with Gasteiger partial charge in [0, 0.05) is 37.0 Å². The van der Waals surface area contributed by atoms with E-state index in [9.17, 15) is 9.90 Å². The zero-order valence-electron chi connectivity index (χ0n) is 18.6. The molecule has 6 nitrogen and oxygen atoms in total. The highest BCUT2D eigenvalue weighted by molar-refractivity contribution is 5.79. The number of aryl methyl sites for hydroxylation is 1. The molecule has 2 aliphatic heterocycles. The fourth-order valence-corrected chi connectivity index (χ4v) is 6.09. The average Bonchev–Trinajstić information content (AvgIpc) is 3.30. The van der Waals surface area contributed by atoms with Gasteiger partial charge in [0.1, 0.15) is 12.2 Å². The number of hydrogen-bond acceptors (Lipinski definition) is 5. The Labute approximate surface area is 193 Å². The molecule has 168 valence electrons. The third-order valence-corrected chi connectivity index (χ3v) is 7.55. The van der Waals surface area contributed by atoms with E-state index in [1.807, 2.05) is 24.0 Å². The maximum absolute atomic E-state index is 13.2. The summed E-state index contributed by atoms with van der Waals surface area (Å²) in [6.45, 7) is 2.19. The first-order chi connectivity index (χ1) is 16.0. The summed E-state index contributed by atoms with van der Waals surface area (Å²) in [6.07, 6.45) is 5.73. The number of piperidine rings is 1. The second kappa shape index (κ2) is 7.66. The van der Waals surface area contributed by atoms with Gasteiger partial charge in [-0.2, -0.15) is 0 Å². The smallest absolute Gasteiger partial charge is 0.410 e. The number of hydrogen-bond donors (Lipinski definition) is 1. The molecule has 0 radical (unpaired) electrons. The number of fused-ring (bicyclic) bond motifs is 5. The summed E-state index contributed by atoms with van der Waals surface area (Å²) in [6, 6.07) is 16.6. The minimum Gasteiger partial charge on any atom is -0.448 e. The molecule has 1 N–H and O–H groups in total. The van der Waals surface area contributed by atoms with E-state index in [4.69, 9.17) is 4.74 Å². The molecule has 1 amide bonds. The summed E-state index contributed by atoms with van der Waals surface area (Å²) >= 11 is 0. The van der Waals surface area contributed by atoms with Crippen molar-refractivity contribution >= 4 is 6.09 Å². The molecule has 3 aliphatic rings. The van der Waals surface area contributed by atoms with Crippen LogP contribution in [0.1, 0.15) is 54.1 Å². The molecule has 3 aromatic rings. The third-order valence-electron chi connectivity index (χ3n) is 7.55. The first kappa shape index (κ1) is 20.4.